The number of hydrogen-bond donors (Lipinski definition) is 0. The molecule has 0 nitrogen and oxygen atoms in total. The fraction of sp³-hybridized carbons (Fsp3) is 0.375. The predicted molar refractivity (Wildman–Crippen MR) is 46.5 cm³/mol. The van der Waals surface area contributed by atoms with Crippen molar-refractivity contribution in [2.75, 3.05) is 0 Å². The first-order valence-corrected chi connectivity index (χ1v) is 5.67. The zero-order valence-corrected chi connectivity index (χ0v) is 9.63. The molecule has 0 aromatic carbocycles. The van der Waals surface area contributed by atoms with Crippen molar-refractivity contribution in [2.45, 2.75) is 20.3 Å². The molecule has 0 rings (SSSR count). The van der Waals surface area contributed by atoms with Crippen LogP contribution in [-0.2, 0) is 18.8 Å². The van der Waals surface area contributed by atoms with E-state index in [1.54, 1.807) is 18.8 Å². The van der Waals surface area contributed by atoms with Gasteiger partial charge in [-0.25, -0.2) is 0 Å². The van der Waals surface area contributed by atoms with Crippen molar-refractivity contribution >= 4 is 9.42 Å². The second-order valence-corrected chi connectivity index (χ2v) is 1.65. The van der Waals surface area contributed by atoms with Gasteiger partial charge in [0, 0.05) is 0 Å². The van der Waals surface area contributed by atoms with Crippen molar-refractivity contribution < 1.29 is 18.8 Å². The van der Waals surface area contributed by atoms with Gasteiger partial charge in [-0.2, -0.15) is 0 Å². The van der Waals surface area contributed by atoms with E-state index < -0.39 is 0 Å². The van der Waals surface area contributed by atoms with E-state index in [2.05, 4.69) is 36.4 Å². The fourth-order valence-electron chi connectivity index (χ4n) is 0. The van der Waals surface area contributed by atoms with E-state index in [0.717, 1.165) is 12.0 Å². The molecule has 0 bridgehead atoms. The van der Waals surface area contributed by atoms with Crippen molar-refractivity contribution in [1.82, 2.24) is 0 Å². The van der Waals surface area contributed by atoms with Gasteiger partial charge in [-0.3, -0.25) is 0 Å². The summed E-state index contributed by atoms with van der Waals surface area (Å²) in [7, 11) is 4.61. The number of halogens is 1. The Labute approximate surface area is 80.2 Å². The zero-order chi connectivity index (χ0) is 8.99. The van der Waals surface area contributed by atoms with E-state index >= 15 is 0 Å². The summed E-state index contributed by atoms with van der Waals surface area (Å²) in [6.45, 7) is 14.3. The van der Waals surface area contributed by atoms with Gasteiger partial charge in [-0.15, -0.1) is 13.2 Å². The van der Waals surface area contributed by atoms with E-state index in [-0.39, 0.29) is 0 Å². The molecule has 1 radical (unpaired) electrons. The van der Waals surface area contributed by atoms with Crippen molar-refractivity contribution in [3.05, 3.63) is 31.7 Å². The van der Waals surface area contributed by atoms with Crippen LogP contribution in [0.4, 0.5) is 0 Å². The molecule has 0 aromatic rings. The summed E-state index contributed by atoms with van der Waals surface area (Å²) in [6, 6.07) is 0. The van der Waals surface area contributed by atoms with Crippen LogP contribution in [-0.4, -0.2) is 0 Å². The van der Waals surface area contributed by atoms with E-state index in [4.69, 9.17) is 0 Å². The molecular formula is C8H15ClPt. The molecule has 64 valence electrons. The summed E-state index contributed by atoms with van der Waals surface area (Å²) in [6.07, 6.45) is 2.96. The average molecular weight is 342 g/mol. The number of rotatable bonds is 1. The second kappa shape index (κ2) is 22.7. The van der Waals surface area contributed by atoms with Crippen molar-refractivity contribution in [3.63, 3.8) is 0 Å². The van der Waals surface area contributed by atoms with Gasteiger partial charge in [0.25, 0.3) is 0 Å². The molecule has 0 heterocycles. The van der Waals surface area contributed by atoms with Crippen molar-refractivity contribution in [2.24, 2.45) is 0 Å². The van der Waals surface area contributed by atoms with Crippen LogP contribution in [0.2, 0.25) is 0 Å². The van der Waals surface area contributed by atoms with Crippen LogP contribution in [0.15, 0.2) is 24.8 Å². The van der Waals surface area contributed by atoms with Gasteiger partial charge in [0.05, 0.1) is 0 Å². The molecule has 0 unspecified atom stereocenters. The van der Waals surface area contributed by atoms with Crippen LogP contribution in [0.25, 0.3) is 0 Å². The maximum atomic E-state index is 4.61. The van der Waals surface area contributed by atoms with Gasteiger partial charge >= 0.3 is 28.2 Å². The summed E-state index contributed by atoms with van der Waals surface area (Å²) in [5.74, 6) is 0. The van der Waals surface area contributed by atoms with E-state index in [1.807, 2.05) is 13.0 Å². The summed E-state index contributed by atoms with van der Waals surface area (Å²) >= 11 is 1.61. The quantitative estimate of drug-likeness (QED) is 0.638. The van der Waals surface area contributed by atoms with Crippen molar-refractivity contribution in [1.29, 1.82) is 0 Å². The molecule has 0 saturated heterocycles. The van der Waals surface area contributed by atoms with Gasteiger partial charge in [0.1, 0.15) is 0 Å². The van der Waals surface area contributed by atoms with Gasteiger partial charge in [-0.05, 0) is 20.3 Å². The van der Waals surface area contributed by atoms with Crippen LogP contribution >= 0.6 is 9.42 Å². The topological polar surface area (TPSA) is 0 Å². The molecule has 0 saturated carbocycles. The SMILES string of the molecule is C=CCC.[CH2]C(=C)C.[Cl][Pt]. The molecule has 0 N–H and O–H groups in total. The minimum absolute atomic E-state index is 0.917. The van der Waals surface area contributed by atoms with Gasteiger partial charge in [-0.1, -0.05) is 18.6 Å². The molecular weight excluding hydrogens is 327 g/mol. The Hall–Kier alpha value is 0.458. The molecule has 2 heteroatoms. The Kier molecular flexibility index (Phi) is 38.2. The molecule has 0 atom stereocenters. The number of hydrogen-bond acceptors (Lipinski definition) is 0. The molecule has 0 amide bonds. The molecule has 0 aromatic heterocycles. The van der Waals surface area contributed by atoms with Crippen LogP contribution in [0.5, 0.6) is 0 Å². The van der Waals surface area contributed by atoms with E-state index in [0.29, 0.717) is 0 Å². The Morgan fingerprint density at radius 1 is 1.60 bits per heavy atom. The zero-order valence-electron chi connectivity index (χ0n) is 6.60. The van der Waals surface area contributed by atoms with Crippen LogP contribution in [0, 0.1) is 6.92 Å². The third kappa shape index (κ3) is 221. The summed E-state index contributed by atoms with van der Waals surface area (Å²) in [4.78, 5) is 0. The predicted octanol–water partition coefficient (Wildman–Crippen LogP) is 3.67. The van der Waals surface area contributed by atoms with Crippen LogP contribution < -0.4 is 0 Å². The fourth-order valence-corrected chi connectivity index (χ4v) is 0. The molecule has 0 aliphatic rings. The molecule has 0 spiro atoms. The summed E-state index contributed by atoms with van der Waals surface area (Å²) in [5, 5.41) is 0. The second-order valence-electron chi connectivity index (χ2n) is 1.65. The van der Waals surface area contributed by atoms with Gasteiger partial charge in [0.15, 0.2) is 0 Å². The average Bonchev–Trinajstić information content (AvgIpc) is 1.91. The van der Waals surface area contributed by atoms with Gasteiger partial charge < -0.3 is 0 Å². The molecule has 10 heavy (non-hydrogen) atoms. The Morgan fingerprint density at radius 3 is 1.70 bits per heavy atom. The standard InChI is InChI=1S/C4H7.C4H8.ClH.Pt/c1-4(2)3;1-3-4-2;;/h1-2H2,3H3;3H,1,4H2,2H3;1H;/q;;;+1/p-1. The van der Waals surface area contributed by atoms with Crippen LogP contribution in [0.1, 0.15) is 20.3 Å². The molecule has 0 aliphatic carbocycles. The third-order valence-corrected chi connectivity index (χ3v) is 0.289. The first-order valence-electron chi connectivity index (χ1n) is 2.85. The molecule has 0 aliphatic heterocycles. The third-order valence-electron chi connectivity index (χ3n) is 0.289. The van der Waals surface area contributed by atoms with Crippen LogP contribution in [0.3, 0.4) is 0 Å². The van der Waals surface area contributed by atoms with E-state index in [9.17, 15) is 0 Å². The normalized spacial score (nSPS) is 5.80. The first kappa shape index (κ1) is 16.8. The van der Waals surface area contributed by atoms with E-state index in [1.165, 1.54) is 0 Å². The monoisotopic (exact) mass is 341 g/mol. The van der Waals surface area contributed by atoms with Crippen molar-refractivity contribution in [3.8, 4) is 0 Å². The Bertz CT molecular complexity index is 65.7. The van der Waals surface area contributed by atoms with Gasteiger partial charge in [0.2, 0.25) is 0 Å². The first-order chi connectivity index (χ1) is 4.65. The Balaban J connectivity index is -0.0000000787. The molecule has 0 fully saturated rings. The summed E-state index contributed by atoms with van der Waals surface area (Å²) in [5.41, 5.74) is 0.917. The minimum atomic E-state index is 0.917. The summed E-state index contributed by atoms with van der Waals surface area (Å²) < 4.78 is 0. The Morgan fingerprint density at radius 2 is 1.70 bits per heavy atom. The maximum absolute atomic E-state index is 4.61. The number of allylic oxidation sites excluding steroid dienone is 2.